The van der Waals surface area contributed by atoms with Crippen LogP contribution < -0.4 is 0 Å². The molecule has 1 aromatic rings. The first kappa shape index (κ1) is 14.5. The van der Waals surface area contributed by atoms with Gasteiger partial charge in [-0.25, -0.2) is 4.79 Å². The Labute approximate surface area is 118 Å². The van der Waals surface area contributed by atoms with E-state index in [1.54, 1.807) is 0 Å². The molecule has 0 spiro atoms. The first-order chi connectivity index (χ1) is 9.61. The van der Waals surface area contributed by atoms with Crippen LogP contribution in [0.15, 0.2) is 18.3 Å². The van der Waals surface area contributed by atoms with Crippen LogP contribution in [0.4, 0.5) is 0 Å². The van der Waals surface area contributed by atoms with Gasteiger partial charge in [0.2, 0.25) is 0 Å². The molecule has 1 aromatic heterocycles. The van der Waals surface area contributed by atoms with E-state index in [1.807, 2.05) is 4.90 Å². The minimum absolute atomic E-state index is 0.0984. The van der Waals surface area contributed by atoms with E-state index in [0.29, 0.717) is 11.6 Å². The van der Waals surface area contributed by atoms with Gasteiger partial charge in [0.15, 0.2) is 0 Å². The highest BCUT2D eigenvalue weighted by molar-refractivity contribution is 5.93. The van der Waals surface area contributed by atoms with Crippen molar-refractivity contribution in [1.29, 1.82) is 0 Å². The number of hydrogen-bond donors (Lipinski definition) is 1. The Bertz CT molecular complexity index is 484. The van der Waals surface area contributed by atoms with Crippen LogP contribution in [-0.4, -0.2) is 40.0 Å². The smallest absolute Gasteiger partial charge is 0.337 e. The second kappa shape index (κ2) is 6.50. The number of carboxylic acid groups (broad SMARTS) is 1. The van der Waals surface area contributed by atoms with Gasteiger partial charge in [0.25, 0.3) is 5.91 Å². The van der Waals surface area contributed by atoms with Crippen molar-refractivity contribution in [2.24, 2.45) is 5.92 Å². The van der Waals surface area contributed by atoms with Gasteiger partial charge >= 0.3 is 5.97 Å². The molecule has 2 rings (SSSR count). The van der Waals surface area contributed by atoms with Gasteiger partial charge in [0, 0.05) is 19.3 Å². The molecule has 0 aliphatic carbocycles. The van der Waals surface area contributed by atoms with Crippen LogP contribution in [0.1, 0.15) is 53.5 Å². The minimum atomic E-state index is -1.03. The summed E-state index contributed by atoms with van der Waals surface area (Å²) in [5.74, 6) is -0.425. The summed E-state index contributed by atoms with van der Waals surface area (Å²) in [7, 11) is 0. The summed E-state index contributed by atoms with van der Waals surface area (Å²) in [6.07, 6.45) is 5.63. The fraction of sp³-hybridized carbons (Fsp3) is 0.533. The number of rotatable bonds is 3. The number of hydrogen-bond acceptors (Lipinski definition) is 3. The molecule has 1 aliphatic heterocycles. The standard InChI is InChI=1S/C15H20N2O3/c1-2-11-4-3-8-17(9-7-11)14(18)13-6-5-12(10-16-13)15(19)20/h5-6,10-11H,2-4,7-9H2,1H3,(H,19,20). The van der Waals surface area contributed by atoms with Crippen molar-refractivity contribution in [2.45, 2.75) is 32.6 Å². The molecule has 0 bridgehead atoms. The van der Waals surface area contributed by atoms with E-state index in [4.69, 9.17) is 5.11 Å². The average Bonchev–Trinajstić information content (AvgIpc) is 2.72. The lowest BCUT2D eigenvalue weighted by Crippen LogP contribution is -2.32. The van der Waals surface area contributed by atoms with Crippen molar-refractivity contribution in [2.75, 3.05) is 13.1 Å². The summed E-state index contributed by atoms with van der Waals surface area (Å²) in [5, 5.41) is 8.82. The van der Waals surface area contributed by atoms with Gasteiger partial charge in [-0.3, -0.25) is 9.78 Å². The number of carbonyl (C=O) groups excluding carboxylic acids is 1. The van der Waals surface area contributed by atoms with Crippen molar-refractivity contribution in [3.63, 3.8) is 0 Å². The van der Waals surface area contributed by atoms with Crippen LogP contribution in [0.25, 0.3) is 0 Å². The van der Waals surface area contributed by atoms with Crippen molar-refractivity contribution in [3.05, 3.63) is 29.6 Å². The van der Waals surface area contributed by atoms with Gasteiger partial charge in [-0.15, -0.1) is 0 Å². The third-order valence-electron chi connectivity index (χ3n) is 3.94. The third-order valence-corrected chi connectivity index (χ3v) is 3.94. The highest BCUT2D eigenvalue weighted by Crippen LogP contribution is 2.21. The molecule has 1 saturated heterocycles. The summed E-state index contributed by atoms with van der Waals surface area (Å²) in [6.45, 7) is 3.71. The highest BCUT2D eigenvalue weighted by atomic mass is 16.4. The quantitative estimate of drug-likeness (QED) is 0.920. The fourth-order valence-corrected chi connectivity index (χ4v) is 2.59. The van der Waals surface area contributed by atoms with Gasteiger partial charge in [-0.2, -0.15) is 0 Å². The fourth-order valence-electron chi connectivity index (χ4n) is 2.59. The Morgan fingerprint density at radius 2 is 2.15 bits per heavy atom. The third kappa shape index (κ3) is 3.35. The predicted molar refractivity (Wildman–Crippen MR) is 74.7 cm³/mol. The molecule has 1 unspecified atom stereocenters. The van der Waals surface area contributed by atoms with Crippen molar-refractivity contribution < 1.29 is 14.7 Å². The Hall–Kier alpha value is -1.91. The van der Waals surface area contributed by atoms with E-state index in [9.17, 15) is 9.59 Å². The normalized spacial score (nSPS) is 19.4. The second-order valence-electron chi connectivity index (χ2n) is 5.23. The zero-order valence-corrected chi connectivity index (χ0v) is 11.7. The van der Waals surface area contributed by atoms with Gasteiger partial charge < -0.3 is 10.0 Å². The maximum absolute atomic E-state index is 12.3. The molecule has 20 heavy (non-hydrogen) atoms. The number of aromatic nitrogens is 1. The van der Waals surface area contributed by atoms with E-state index in [2.05, 4.69) is 11.9 Å². The van der Waals surface area contributed by atoms with Crippen LogP contribution in [-0.2, 0) is 0 Å². The zero-order valence-electron chi connectivity index (χ0n) is 11.7. The van der Waals surface area contributed by atoms with Crippen LogP contribution in [0.5, 0.6) is 0 Å². The summed E-state index contributed by atoms with van der Waals surface area (Å²) in [6, 6.07) is 2.92. The number of carboxylic acids is 1. The molecule has 0 saturated carbocycles. The highest BCUT2D eigenvalue weighted by Gasteiger charge is 2.21. The molecule has 1 amide bonds. The summed E-state index contributed by atoms with van der Waals surface area (Å²) in [5.41, 5.74) is 0.424. The number of amides is 1. The molecular weight excluding hydrogens is 256 g/mol. The average molecular weight is 276 g/mol. The molecule has 1 N–H and O–H groups in total. The van der Waals surface area contributed by atoms with Gasteiger partial charge in [-0.05, 0) is 37.3 Å². The number of aromatic carboxylic acids is 1. The molecule has 1 atom stereocenters. The van der Waals surface area contributed by atoms with E-state index in [1.165, 1.54) is 24.8 Å². The van der Waals surface area contributed by atoms with Gasteiger partial charge in [-0.1, -0.05) is 13.3 Å². The molecule has 0 aromatic carbocycles. The molecule has 108 valence electrons. The Kier molecular flexibility index (Phi) is 4.71. The number of nitrogens with zero attached hydrogens (tertiary/aromatic N) is 2. The van der Waals surface area contributed by atoms with E-state index >= 15 is 0 Å². The van der Waals surface area contributed by atoms with Crippen molar-refractivity contribution in [1.82, 2.24) is 9.88 Å². The van der Waals surface area contributed by atoms with Gasteiger partial charge in [0.1, 0.15) is 5.69 Å². The topological polar surface area (TPSA) is 70.5 Å². The maximum Gasteiger partial charge on any atom is 0.337 e. The Balaban J connectivity index is 2.05. The molecule has 5 nitrogen and oxygen atoms in total. The zero-order chi connectivity index (χ0) is 14.5. The number of pyridine rings is 1. The Morgan fingerprint density at radius 1 is 1.35 bits per heavy atom. The first-order valence-electron chi connectivity index (χ1n) is 7.10. The van der Waals surface area contributed by atoms with Crippen molar-refractivity contribution >= 4 is 11.9 Å². The Morgan fingerprint density at radius 3 is 2.75 bits per heavy atom. The lowest BCUT2D eigenvalue weighted by Gasteiger charge is -2.20. The number of likely N-dealkylation sites (tertiary alicyclic amines) is 1. The van der Waals surface area contributed by atoms with E-state index < -0.39 is 5.97 Å². The molecule has 5 heteroatoms. The molecular formula is C15H20N2O3. The summed E-state index contributed by atoms with van der Waals surface area (Å²) >= 11 is 0. The first-order valence-corrected chi connectivity index (χ1v) is 7.10. The molecule has 1 fully saturated rings. The van der Waals surface area contributed by atoms with Crippen LogP contribution in [0, 0.1) is 5.92 Å². The second-order valence-corrected chi connectivity index (χ2v) is 5.23. The lowest BCUT2D eigenvalue weighted by molar-refractivity contribution is 0.0692. The monoisotopic (exact) mass is 276 g/mol. The summed E-state index contributed by atoms with van der Waals surface area (Å²) < 4.78 is 0. The molecule has 0 radical (unpaired) electrons. The van der Waals surface area contributed by atoms with Gasteiger partial charge in [0.05, 0.1) is 5.56 Å². The van der Waals surface area contributed by atoms with Crippen LogP contribution in [0.3, 0.4) is 0 Å². The van der Waals surface area contributed by atoms with E-state index in [-0.39, 0.29) is 11.5 Å². The van der Waals surface area contributed by atoms with Crippen LogP contribution in [0.2, 0.25) is 0 Å². The number of carbonyl (C=O) groups is 2. The van der Waals surface area contributed by atoms with E-state index in [0.717, 1.165) is 32.4 Å². The predicted octanol–water partition coefficient (Wildman–Crippen LogP) is 2.43. The summed E-state index contributed by atoms with van der Waals surface area (Å²) in [4.78, 5) is 28.9. The lowest BCUT2D eigenvalue weighted by atomic mass is 9.98. The molecule has 1 aliphatic rings. The largest absolute Gasteiger partial charge is 0.478 e. The molecule has 2 heterocycles. The van der Waals surface area contributed by atoms with Crippen LogP contribution >= 0.6 is 0 Å². The van der Waals surface area contributed by atoms with Crippen molar-refractivity contribution in [3.8, 4) is 0 Å². The maximum atomic E-state index is 12.3. The SMILES string of the molecule is CCC1CCCN(C(=O)c2ccc(C(=O)O)cn2)CC1. The minimum Gasteiger partial charge on any atom is -0.478 e.